The maximum atomic E-state index is 12.3. The summed E-state index contributed by atoms with van der Waals surface area (Å²) in [6.07, 6.45) is 0. The largest absolute Gasteiger partial charge is 0.497 e. The van der Waals surface area contributed by atoms with Crippen molar-refractivity contribution in [3.63, 3.8) is 0 Å². The summed E-state index contributed by atoms with van der Waals surface area (Å²) in [4.78, 5) is 12.5. The van der Waals surface area contributed by atoms with Crippen LogP contribution in [0.5, 0.6) is 5.75 Å². The molecule has 1 heterocycles. The maximum absolute atomic E-state index is 12.3. The standard InChI is InChI=1S/C15H16N2O2S/c1-3-17-13(9-8-12(14(16)20)15(17)18)10-4-6-11(19-2)7-5-10/h4-9H,3H2,1-2H3,(H2,16,20). The van der Waals surface area contributed by atoms with Crippen molar-refractivity contribution >= 4 is 17.2 Å². The molecule has 0 saturated carbocycles. The number of benzene rings is 1. The van der Waals surface area contributed by atoms with Crippen molar-refractivity contribution in [2.45, 2.75) is 13.5 Å². The molecule has 0 saturated heterocycles. The molecule has 2 aromatic rings. The van der Waals surface area contributed by atoms with Crippen LogP contribution < -0.4 is 16.0 Å². The minimum atomic E-state index is -0.159. The second kappa shape index (κ2) is 5.88. The topological polar surface area (TPSA) is 57.2 Å². The van der Waals surface area contributed by atoms with E-state index >= 15 is 0 Å². The highest BCUT2D eigenvalue weighted by Crippen LogP contribution is 2.21. The first-order valence-electron chi connectivity index (χ1n) is 6.26. The Morgan fingerprint density at radius 1 is 1.25 bits per heavy atom. The van der Waals surface area contributed by atoms with Gasteiger partial charge in [0, 0.05) is 6.54 Å². The Balaban J connectivity index is 2.59. The minimum absolute atomic E-state index is 0.124. The number of nitrogens with two attached hydrogens (primary N) is 1. The molecule has 0 amide bonds. The molecule has 0 atom stereocenters. The lowest BCUT2D eigenvalue weighted by Crippen LogP contribution is -2.29. The second-order valence-corrected chi connectivity index (χ2v) is 4.71. The molecule has 0 aliphatic rings. The lowest BCUT2D eigenvalue weighted by Gasteiger charge is -2.13. The van der Waals surface area contributed by atoms with E-state index in [9.17, 15) is 4.79 Å². The lowest BCUT2D eigenvalue weighted by atomic mass is 10.1. The molecule has 2 N–H and O–H groups in total. The van der Waals surface area contributed by atoms with Crippen molar-refractivity contribution in [2.24, 2.45) is 5.73 Å². The average molecular weight is 288 g/mol. The summed E-state index contributed by atoms with van der Waals surface area (Å²) in [6.45, 7) is 2.47. The van der Waals surface area contributed by atoms with Gasteiger partial charge in [0.05, 0.1) is 18.4 Å². The van der Waals surface area contributed by atoms with E-state index in [1.807, 2.05) is 37.3 Å². The molecule has 104 valence electrons. The molecule has 5 heteroatoms. The Hall–Kier alpha value is -2.14. The fraction of sp³-hybridized carbons (Fsp3) is 0.200. The van der Waals surface area contributed by atoms with E-state index in [2.05, 4.69) is 0 Å². The zero-order valence-corrected chi connectivity index (χ0v) is 12.2. The van der Waals surface area contributed by atoms with Gasteiger partial charge in [0.15, 0.2) is 0 Å². The summed E-state index contributed by atoms with van der Waals surface area (Å²) >= 11 is 4.90. The highest BCUT2D eigenvalue weighted by atomic mass is 32.1. The lowest BCUT2D eigenvalue weighted by molar-refractivity contribution is 0.415. The zero-order chi connectivity index (χ0) is 14.7. The Labute approximate surface area is 122 Å². The van der Waals surface area contributed by atoms with Gasteiger partial charge in [-0.1, -0.05) is 12.2 Å². The number of ether oxygens (including phenoxy) is 1. The quantitative estimate of drug-likeness (QED) is 0.876. The summed E-state index contributed by atoms with van der Waals surface area (Å²) in [5, 5.41) is 0. The molecule has 4 nitrogen and oxygen atoms in total. The highest BCUT2D eigenvalue weighted by molar-refractivity contribution is 7.80. The van der Waals surface area contributed by atoms with Crippen LogP contribution in [0, 0.1) is 0 Å². The van der Waals surface area contributed by atoms with E-state index in [1.54, 1.807) is 17.7 Å². The van der Waals surface area contributed by atoms with Crippen LogP contribution in [-0.4, -0.2) is 16.7 Å². The predicted octanol–water partition coefficient (Wildman–Crippen LogP) is 2.18. The van der Waals surface area contributed by atoms with Gasteiger partial charge in [-0.3, -0.25) is 4.79 Å². The number of thiocarbonyl (C=S) groups is 1. The maximum Gasteiger partial charge on any atom is 0.261 e. The molecule has 0 aliphatic carbocycles. The van der Waals surface area contributed by atoms with Crippen molar-refractivity contribution < 1.29 is 4.74 Å². The molecule has 2 rings (SSSR count). The van der Waals surface area contributed by atoms with Gasteiger partial charge in [-0.05, 0) is 48.9 Å². The van der Waals surface area contributed by atoms with Crippen LogP contribution in [0.2, 0.25) is 0 Å². The van der Waals surface area contributed by atoms with E-state index in [1.165, 1.54) is 0 Å². The van der Waals surface area contributed by atoms with Crippen LogP contribution in [0.25, 0.3) is 11.3 Å². The normalized spacial score (nSPS) is 10.3. The Bertz CT molecular complexity index is 690. The van der Waals surface area contributed by atoms with Gasteiger partial charge < -0.3 is 15.0 Å². The van der Waals surface area contributed by atoms with Gasteiger partial charge in [-0.15, -0.1) is 0 Å². The Morgan fingerprint density at radius 2 is 1.90 bits per heavy atom. The van der Waals surface area contributed by atoms with Crippen LogP contribution in [-0.2, 0) is 6.54 Å². The number of nitrogens with zero attached hydrogens (tertiary/aromatic N) is 1. The van der Waals surface area contributed by atoms with Gasteiger partial charge in [0.25, 0.3) is 5.56 Å². The van der Waals surface area contributed by atoms with E-state index in [-0.39, 0.29) is 10.5 Å². The molecule has 20 heavy (non-hydrogen) atoms. The van der Waals surface area contributed by atoms with Crippen molar-refractivity contribution in [2.75, 3.05) is 7.11 Å². The molecule has 0 bridgehead atoms. The first kappa shape index (κ1) is 14.3. The van der Waals surface area contributed by atoms with Crippen molar-refractivity contribution in [3.05, 3.63) is 52.3 Å². The van der Waals surface area contributed by atoms with Gasteiger partial charge in [0.1, 0.15) is 10.7 Å². The fourth-order valence-electron chi connectivity index (χ4n) is 2.09. The molecule has 0 spiro atoms. The molecule has 1 aromatic heterocycles. The molecular weight excluding hydrogens is 272 g/mol. The fourth-order valence-corrected chi connectivity index (χ4v) is 2.25. The number of methoxy groups -OCH3 is 1. The molecule has 0 unspecified atom stereocenters. The molecular formula is C15H16N2O2S. The van der Waals surface area contributed by atoms with Crippen LogP contribution >= 0.6 is 12.2 Å². The van der Waals surface area contributed by atoms with Crippen LogP contribution in [0.1, 0.15) is 12.5 Å². The third-order valence-corrected chi connectivity index (χ3v) is 3.36. The summed E-state index contributed by atoms with van der Waals surface area (Å²) in [6, 6.07) is 11.1. The summed E-state index contributed by atoms with van der Waals surface area (Å²) in [5.74, 6) is 0.777. The predicted molar refractivity (Wildman–Crippen MR) is 84.3 cm³/mol. The molecule has 0 radical (unpaired) electrons. The minimum Gasteiger partial charge on any atom is -0.497 e. The van der Waals surface area contributed by atoms with Crippen molar-refractivity contribution in [1.82, 2.24) is 4.57 Å². The van der Waals surface area contributed by atoms with Crippen LogP contribution in [0.4, 0.5) is 0 Å². The Morgan fingerprint density at radius 3 is 2.40 bits per heavy atom. The van der Waals surface area contributed by atoms with E-state index in [0.29, 0.717) is 12.1 Å². The number of aromatic nitrogens is 1. The van der Waals surface area contributed by atoms with E-state index in [4.69, 9.17) is 22.7 Å². The highest BCUT2D eigenvalue weighted by Gasteiger charge is 2.11. The molecule has 0 aliphatic heterocycles. The first-order chi connectivity index (χ1) is 9.58. The number of pyridine rings is 1. The van der Waals surface area contributed by atoms with Crippen LogP contribution in [0.15, 0.2) is 41.2 Å². The number of rotatable bonds is 4. The smallest absolute Gasteiger partial charge is 0.261 e. The molecule has 1 aromatic carbocycles. The SMILES string of the molecule is CCn1c(-c2ccc(OC)cc2)ccc(C(N)=S)c1=O. The van der Waals surface area contributed by atoms with E-state index < -0.39 is 0 Å². The van der Waals surface area contributed by atoms with E-state index in [0.717, 1.165) is 17.0 Å². The van der Waals surface area contributed by atoms with Gasteiger partial charge in [-0.25, -0.2) is 0 Å². The van der Waals surface area contributed by atoms with Gasteiger partial charge in [0.2, 0.25) is 0 Å². The zero-order valence-electron chi connectivity index (χ0n) is 11.4. The third-order valence-electron chi connectivity index (χ3n) is 3.14. The number of hydrogen-bond acceptors (Lipinski definition) is 3. The summed E-state index contributed by atoms with van der Waals surface area (Å²) < 4.78 is 6.80. The summed E-state index contributed by atoms with van der Waals surface area (Å²) in [5.41, 5.74) is 7.56. The van der Waals surface area contributed by atoms with Crippen LogP contribution in [0.3, 0.4) is 0 Å². The third kappa shape index (κ3) is 2.58. The number of hydrogen-bond donors (Lipinski definition) is 1. The van der Waals surface area contributed by atoms with Crippen molar-refractivity contribution in [1.29, 1.82) is 0 Å². The monoisotopic (exact) mass is 288 g/mol. The second-order valence-electron chi connectivity index (χ2n) is 4.27. The van der Waals surface area contributed by atoms with Crippen molar-refractivity contribution in [3.8, 4) is 17.0 Å². The first-order valence-corrected chi connectivity index (χ1v) is 6.67. The average Bonchev–Trinajstić information content (AvgIpc) is 2.46. The molecule has 0 fully saturated rings. The van der Waals surface area contributed by atoms with Gasteiger partial charge in [-0.2, -0.15) is 0 Å². The summed E-state index contributed by atoms with van der Waals surface area (Å²) in [7, 11) is 1.62. The Kier molecular flexibility index (Phi) is 4.20. The van der Waals surface area contributed by atoms with Gasteiger partial charge >= 0.3 is 0 Å².